The van der Waals surface area contributed by atoms with Crippen LogP contribution in [0.3, 0.4) is 0 Å². The van der Waals surface area contributed by atoms with E-state index in [1.54, 1.807) is 7.05 Å². The van der Waals surface area contributed by atoms with Gasteiger partial charge in [-0.3, -0.25) is 9.59 Å². The highest BCUT2D eigenvalue weighted by Gasteiger charge is 2.31. The average Bonchev–Trinajstić information content (AvgIpc) is 2.79. The summed E-state index contributed by atoms with van der Waals surface area (Å²) in [5, 5.41) is 2.46. The normalized spacial score (nSPS) is 11.2. The van der Waals surface area contributed by atoms with E-state index in [0.717, 1.165) is 12.1 Å². The lowest BCUT2D eigenvalue weighted by molar-refractivity contribution is -0.274. The van der Waals surface area contributed by atoms with Crippen LogP contribution in [0.2, 0.25) is 0 Å². The van der Waals surface area contributed by atoms with Gasteiger partial charge in [0, 0.05) is 30.6 Å². The van der Waals surface area contributed by atoms with Crippen molar-refractivity contribution in [1.29, 1.82) is 0 Å². The number of halogens is 3. The molecule has 0 fully saturated rings. The van der Waals surface area contributed by atoms with Crippen LogP contribution in [0.25, 0.3) is 0 Å². The molecule has 1 aromatic heterocycles. The number of carbonyl (C=O) groups excluding carboxylic acids is 2. The monoisotopic (exact) mass is 326 g/mol. The number of benzene rings is 1. The quantitative estimate of drug-likeness (QED) is 0.876. The third kappa shape index (κ3) is 4.35. The minimum absolute atomic E-state index is 0.141. The molecule has 0 unspecified atom stereocenters. The summed E-state index contributed by atoms with van der Waals surface area (Å²) in [6.45, 7) is 1.37. The van der Waals surface area contributed by atoms with E-state index in [2.05, 4.69) is 10.1 Å². The summed E-state index contributed by atoms with van der Waals surface area (Å²) in [6.07, 6.45) is -3.31. The van der Waals surface area contributed by atoms with Gasteiger partial charge < -0.3 is 14.6 Å². The summed E-state index contributed by atoms with van der Waals surface area (Å²) >= 11 is 0. The largest absolute Gasteiger partial charge is 0.573 e. The van der Waals surface area contributed by atoms with Crippen molar-refractivity contribution < 1.29 is 27.5 Å². The highest BCUT2D eigenvalue weighted by Crippen LogP contribution is 2.25. The SMILES string of the molecule is CC(=O)c1cc(C(=O)Nc2cccc(OC(F)(F)F)c2)n(C)c1. The number of aryl methyl sites for hydroxylation is 1. The Balaban J connectivity index is 2.17. The lowest BCUT2D eigenvalue weighted by Crippen LogP contribution is -2.18. The van der Waals surface area contributed by atoms with Crippen LogP contribution in [-0.2, 0) is 7.05 Å². The summed E-state index contributed by atoms with van der Waals surface area (Å²) in [5.41, 5.74) is 0.714. The number of hydrogen-bond acceptors (Lipinski definition) is 3. The number of nitrogens with one attached hydrogen (secondary N) is 1. The number of carbonyl (C=O) groups is 2. The number of aromatic nitrogens is 1. The molecule has 0 saturated heterocycles. The Bertz CT molecular complexity index is 751. The highest BCUT2D eigenvalue weighted by molar-refractivity contribution is 6.05. The fraction of sp³-hybridized carbons (Fsp3) is 0.200. The van der Waals surface area contributed by atoms with Gasteiger partial charge in [0.25, 0.3) is 5.91 Å². The number of amides is 1. The minimum Gasteiger partial charge on any atom is -0.406 e. The van der Waals surface area contributed by atoms with E-state index in [-0.39, 0.29) is 17.2 Å². The van der Waals surface area contributed by atoms with Crippen LogP contribution < -0.4 is 10.1 Å². The molecule has 0 spiro atoms. The molecule has 2 aromatic rings. The van der Waals surface area contributed by atoms with Crippen molar-refractivity contribution in [2.24, 2.45) is 7.05 Å². The van der Waals surface area contributed by atoms with Crippen molar-refractivity contribution in [3.63, 3.8) is 0 Å². The van der Waals surface area contributed by atoms with Crippen molar-refractivity contribution in [1.82, 2.24) is 4.57 Å². The second-order valence-electron chi connectivity index (χ2n) is 4.81. The highest BCUT2D eigenvalue weighted by atomic mass is 19.4. The second kappa shape index (κ2) is 6.15. The first kappa shape index (κ1) is 16.6. The number of anilines is 1. The van der Waals surface area contributed by atoms with Gasteiger partial charge in [0.05, 0.1) is 0 Å². The molecule has 2 rings (SSSR count). The molecule has 1 heterocycles. The molecule has 5 nitrogen and oxygen atoms in total. The van der Waals surface area contributed by atoms with Gasteiger partial charge in [-0.25, -0.2) is 0 Å². The molecule has 1 amide bonds. The topological polar surface area (TPSA) is 60.3 Å². The molecule has 0 aliphatic rings. The van der Waals surface area contributed by atoms with E-state index >= 15 is 0 Å². The van der Waals surface area contributed by atoms with Gasteiger partial charge in [-0.1, -0.05) is 6.07 Å². The van der Waals surface area contributed by atoms with E-state index in [1.165, 1.54) is 35.9 Å². The Morgan fingerprint density at radius 3 is 2.48 bits per heavy atom. The van der Waals surface area contributed by atoms with Gasteiger partial charge in [0.2, 0.25) is 0 Å². The molecule has 0 atom stereocenters. The third-order valence-corrected chi connectivity index (χ3v) is 2.97. The Morgan fingerprint density at radius 1 is 1.22 bits per heavy atom. The van der Waals surface area contributed by atoms with E-state index in [9.17, 15) is 22.8 Å². The van der Waals surface area contributed by atoms with E-state index in [4.69, 9.17) is 0 Å². The molecule has 23 heavy (non-hydrogen) atoms. The standard InChI is InChI=1S/C15H13F3N2O3/c1-9(21)10-6-13(20(2)8-10)14(22)19-11-4-3-5-12(7-11)23-15(16,17)18/h3-8H,1-2H3,(H,19,22). The number of ketones is 1. The van der Waals surface area contributed by atoms with Crippen LogP contribution in [-0.4, -0.2) is 22.6 Å². The zero-order valence-electron chi connectivity index (χ0n) is 12.3. The van der Waals surface area contributed by atoms with Gasteiger partial charge in [-0.05, 0) is 25.1 Å². The molecule has 0 aliphatic heterocycles. The number of nitrogens with zero attached hydrogens (tertiary/aromatic N) is 1. The summed E-state index contributed by atoms with van der Waals surface area (Å²) in [5.74, 6) is -1.18. The maximum atomic E-state index is 12.2. The summed E-state index contributed by atoms with van der Waals surface area (Å²) in [4.78, 5) is 23.5. The van der Waals surface area contributed by atoms with Crippen molar-refractivity contribution in [3.05, 3.63) is 47.8 Å². The number of alkyl halides is 3. The van der Waals surface area contributed by atoms with Crippen LogP contribution in [0.15, 0.2) is 36.5 Å². The molecule has 1 aromatic carbocycles. The maximum Gasteiger partial charge on any atom is 0.573 e. The first-order chi connectivity index (χ1) is 10.7. The minimum atomic E-state index is -4.81. The second-order valence-corrected chi connectivity index (χ2v) is 4.81. The molecular formula is C15H13F3N2O3. The molecule has 0 radical (unpaired) electrons. The Hall–Kier alpha value is -2.77. The predicted molar refractivity (Wildman–Crippen MR) is 76.5 cm³/mol. The molecule has 0 aliphatic carbocycles. The van der Waals surface area contributed by atoms with Crippen molar-refractivity contribution in [2.45, 2.75) is 13.3 Å². The van der Waals surface area contributed by atoms with Crippen molar-refractivity contribution in [2.75, 3.05) is 5.32 Å². The van der Waals surface area contributed by atoms with Crippen molar-refractivity contribution >= 4 is 17.4 Å². The smallest absolute Gasteiger partial charge is 0.406 e. The Morgan fingerprint density at radius 2 is 1.91 bits per heavy atom. The zero-order valence-corrected chi connectivity index (χ0v) is 12.3. The van der Waals surface area contributed by atoms with Gasteiger partial charge >= 0.3 is 6.36 Å². The maximum absolute atomic E-state index is 12.2. The number of rotatable bonds is 4. The average molecular weight is 326 g/mol. The van der Waals surface area contributed by atoms with Crippen LogP contribution in [0.4, 0.5) is 18.9 Å². The first-order valence-corrected chi connectivity index (χ1v) is 6.50. The summed E-state index contributed by atoms with van der Waals surface area (Å²) < 4.78 is 41.8. The predicted octanol–water partition coefficient (Wildman–Crippen LogP) is 3.38. The first-order valence-electron chi connectivity index (χ1n) is 6.50. The van der Waals surface area contributed by atoms with E-state index in [0.29, 0.717) is 5.56 Å². The lowest BCUT2D eigenvalue weighted by Gasteiger charge is -2.11. The van der Waals surface area contributed by atoms with Crippen LogP contribution in [0.5, 0.6) is 5.75 Å². The fourth-order valence-corrected chi connectivity index (χ4v) is 1.95. The molecule has 0 bridgehead atoms. The fourth-order valence-electron chi connectivity index (χ4n) is 1.95. The zero-order chi connectivity index (χ0) is 17.2. The number of Topliss-reactive ketones (excluding diaryl/α,β-unsaturated/α-hetero) is 1. The number of ether oxygens (including phenoxy) is 1. The Kier molecular flexibility index (Phi) is 4.44. The van der Waals surface area contributed by atoms with Gasteiger partial charge in [0.1, 0.15) is 11.4 Å². The number of hydrogen-bond donors (Lipinski definition) is 1. The summed E-state index contributed by atoms with van der Waals surface area (Å²) in [7, 11) is 1.59. The molecular weight excluding hydrogens is 313 g/mol. The van der Waals surface area contributed by atoms with Crippen LogP contribution >= 0.6 is 0 Å². The Labute approximate surface area is 129 Å². The van der Waals surface area contributed by atoms with Gasteiger partial charge in [-0.15, -0.1) is 13.2 Å². The van der Waals surface area contributed by atoms with E-state index in [1.807, 2.05) is 0 Å². The molecule has 8 heteroatoms. The lowest BCUT2D eigenvalue weighted by atomic mass is 10.2. The van der Waals surface area contributed by atoms with E-state index < -0.39 is 18.0 Å². The molecule has 122 valence electrons. The molecule has 1 N–H and O–H groups in total. The van der Waals surface area contributed by atoms with Crippen molar-refractivity contribution in [3.8, 4) is 5.75 Å². The molecule has 0 saturated carbocycles. The van der Waals surface area contributed by atoms with Gasteiger partial charge in [-0.2, -0.15) is 0 Å². The van der Waals surface area contributed by atoms with Crippen LogP contribution in [0, 0.1) is 0 Å². The summed E-state index contributed by atoms with van der Waals surface area (Å²) in [6, 6.07) is 6.34. The van der Waals surface area contributed by atoms with Gasteiger partial charge in [0.15, 0.2) is 5.78 Å². The third-order valence-electron chi connectivity index (χ3n) is 2.97. The van der Waals surface area contributed by atoms with Crippen LogP contribution in [0.1, 0.15) is 27.8 Å².